The van der Waals surface area contributed by atoms with E-state index in [1.54, 1.807) is 0 Å². The van der Waals surface area contributed by atoms with Gasteiger partial charge in [-0.05, 0) is 87.4 Å². The average molecular weight is 421 g/mol. The molecule has 0 saturated heterocycles. The molecule has 0 N–H and O–H groups in total. The van der Waals surface area contributed by atoms with Gasteiger partial charge in [0.25, 0.3) is 0 Å². The molecule has 172 valence electrons. The van der Waals surface area contributed by atoms with Crippen LogP contribution in [0.4, 0.5) is 0 Å². The summed E-state index contributed by atoms with van der Waals surface area (Å²) in [4.78, 5) is 23.8. The minimum atomic E-state index is -0.126. The highest BCUT2D eigenvalue weighted by Crippen LogP contribution is 2.61. The molecule has 4 fully saturated rings. The molecule has 0 aromatic heterocycles. The summed E-state index contributed by atoms with van der Waals surface area (Å²) in [7, 11) is 0. The molecule has 4 heteroatoms. The van der Waals surface area contributed by atoms with E-state index in [4.69, 9.17) is 9.47 Å². The molecule has 0 radical (unpaired) electrons. The highest BCUT2D eigenvalue weighted by molar-refractivity contribution is 5.70. The van der Waals surface area contributed by atoms with E-state index in [-0.39, 0.29) is 11.9 Å². The first-order valence-corrected chi connectivity index (χ1v) is 12.9. The summed E-state index contributed by atoms with van der Waals surface area (Å²) in [5.41, 5.74) is 0.481. The predicted octanol–water partition coefficient (Wildman–Crippen LogP) is 6.60. The van der Waals surface area contributed by atoms with E-state index in [0.29, 0.717) is 44.3 Å². The molecule has 0 aromatic rings. The van der Waals surface area contributed by atoms with E-state index in [1.165, 1.54) is 64.2 Å². The van der Waals surface area contributed by atoms with E-state index >= 15 is 0 Å². The topological polar surface area (TPSA) is 52.6 Å². The number of ether oxygens (including phenoxy) is 2. The lowest BCUT2D eigenvalue weighted by Gasteiger charge is -2.57. The van der Waals surface area contributed by atoms with Crippen molar-refractivity contribution in [3.63, 3.8) is 0 Å². The SMILES string of the molecule is CCCCCCCCOC(=O)CCCCC(=O)OCCC12CC3CC(CC(C3)C1)C2. The average Bonchev–Trinajstić information content (AvgIpc) is 2.69. The summed E-state index contributed by atoms with van der Waals surface area (Å²) < 4.78 is 10.8. The van der Waals surface area contributed by atoms with Crippen LogP contribution in [0.5, 0.6) is 0 Å². The molecule has 0 unspecified atom stereocenters. The van der Waals surface area contributed by atoms with Gasteiger partial charge in [0.05, 0.1) is 13.2 Å². The summed E-state index contributed by atoms with van der Waals surface area (Å²) in [5.74, 6) is 2.63. The smallest absolute Gasteiger partial charge is 0.305 e. The molecule has 0 heterocycles. The summed E-state index contributed by atoms with van der Waals surface area (Å²) in [6.45, 7) is 3.34. The van der Waals surface area contributed by atoms with E-state index in [2.05, 4.69) is 6.92 Å². The second-order valence-electron chi connectivity index (χ2n) is 10.6. The van der Waals surface area contributed by atoms with Crippen LogP contribution in [0.1, 0.15) is 116 Å². The molecule has 4 nitrogen and oxygen atoms in total. The molecule has 0 spiro atoms. The zero-order chi connectivity index (χ0) is 21.2. The lowest BCUT2D eigenvalue weighted by atomic mass is 9.49. The van der Waals surface area contributed by atoms with Gasteiger partial charge in [-0.15, -0.1) is 0 Å². The Hall–Kier alpha value is -1.06. The fourth-order valence-corrected chi connectivity index (χ4v) is 6.73. The third-order valence-corrected chi connectivity index (χ3v) is 7.83. The van der Waals surface area contributed by atoms with E-state index < -0.39 is 0 Å². The highest BCUT2D eigenvalue weighted by atomic mass is 16.5. The lowest BCUT2D eigenvalue weighted by Crippen LogP contribution is -2.46. The molecule has 0 amide bonds. The van der Waals surface area contributed by atoms with Crippen molar-refractivity contribution in [2.24, 2.45) is 23.2 Å². The van der Waals surface area contributed by atoms with Gasteiger partial charge in [-0.2, -0.15) is 0 Å². The number of esters is 2. The number of unbranched alkanes of at least 4 members (excludes halogenated alkanes) is 6. The Morgan fingerprint density at radius 1 is 0.700 bits per heavy atom. The molecule has 4 aliphatic carbocycles. The van der Waals surface area contributed by atoms with Crippen LogP contribution in [0.3, 0.4) is 0 Å². The predicted molar refractivity (Wildman–Crippen MR) is 119 cm³/mol. The molecule has 30 heavy (non-hydrogen) atoms. The van der Waals surface area contributed by atoms with Crippen LogP contribution < -0.4 is 0 Å². The first-order valence-electron chi connectivity index (χ1n) is 12.9. The molecule has 4 rings (SSSR count). The van der Waals surface area contributed by atoms with Crippen LogP contribution in [0, 0.1) is 23.2 Å². The second-order valence-corrected chi connectivity index (χ2v) is 10.6. The Morgan fingerprint density at radius 2 is 1.20 bits per heavy atom. The maximum Gasteiger partial charge on any atom is 0.305 e. The monoisotopic (exact) mass is 420 g/mol. The normalized spacial score (nSPS) is 29.2. The van der Waals surface area contributed by atoms with Gasteiger partial charge >= 0.3 is 11.9 Å². The summed E-state index contributed by atoms with van der Waals surface area (Å²) >= 11 is 0. The fraction of sp³-hybridized carbons (Fsp3) is 0.923. The largest absolute Gasteiger partial charge is 0.466 e. The third kappa shape index (κ3) is 7.57. The summed E-state index contributed by atoms with van der Waals surface area (Å²) in [6.07, 6.45) is 19.0. The molecular formula is C26H44O4. The zero-order valence-corrected chi connectivity index (χ0v) is 19.3. The minimum Gasteiger partial charge on any atom is -0.466 e. The Balaban J connectivity index is 1.16. The standard InChI is InChI=1S/C26H44O4/c1-2-3-4-5-6-9-13-29-24(27)10-7-8-11-25(28)30-14-12-26-18-21-15-22(19-26)17-23(16-21)20-26/h21-23H,2-20H2,1H3. The molecule has 0 aromatic carbocycles. The van der Waals surface area contributed by atoms with Gasteiger partial charge in [-0.3, -0.25) is 9.59 Å². The van der Waals surface area contributed by atoms with Gasteiger partial charge in [-0.1, -0.05) is 39.0 Å². The number of carbonyl (C=O) groups excluding carboxylic acids is 2. The van der Waals surface area contributed by atoms with E-state index in [9.17, 15) is 9.59 Å². The fourth-order valence-electron chi connectivity index (χ4n) is 6.73. The second kappa shape index (κ2) is 12.1. The lowest BCUT2D eigenvalue weighted by molar-refractivity contribution is -0.147. The van der Waals surface area contributed by atoms with Crippen molar-refractivity contribution in [1.82, 2.24) is 0 Å². The van der Waals surface area contributed by atoms with Gasteiger partial charge in [0, 0.05) is 12.8 Å². The number of hydrogen-bond donors (Lipinski definition) is 0. The van der Waals surface area contributed by atoms with Crippen LogP contribution in [0.15, 0.2) is 0 Å². The van der Waals surface area contributed by atoms with Crippen molar-refractivity contribution < 1.29 is 19.1 Å². The van der Waals surface area contributed by atoms with Gasteiger partial charge in [0.1, 0.15) is 0 Å². The Labute approximate surface area is 183 Å². The first-order chi connectivity index (χ1) is 14.6. The highest BCUT2D eigenvalue weighted by Gasteiger charge is 2.50. The zero-order valence-electron chi connectivity index (χ0n) is 19.3. The van der Waals surface area contributed by atoms with E-state index in [0.717, 1.165) is 37.0 Å². The Kier molecular flexibility index (Phi) is 9.52. The van der Waals surface area contributed by atoms with Crippen LogP contribution in [0.25, 0.3) is 0 Å². The van der Waals surface area contributed by atoms with Crippen LogP contribution in [0.2, 0.25) is 0 Å². The van der Waals surface area contributed by atoms with Gasteiger partial charge in [0.2, 0.25) is 0 Å². The van der Waals surface area contributed by atoms with Crippen LogP contribution in [-0.4, -0.2) is 25.2 Å². The molecular weight excluding hydrogens is 376 g/mol. The molecule has 4 aliphatic rings. The Morgan fingerprint density at radius 3 is 1.77 bits per heavy atom. The molecule has 0 atom stereocenters. The molecule has 4 saturated carbocycles. The van der Waals surface area contributed by atoms with Gasteiger partial charge in [-0.25, -0.2) is 0 Å². The minimum absolute atomic E-state index is 0.0971. The van der Waals surface area contributed by atoms with Crippen molar-refractivity contribution in [1.29, 1.82) is 0 Å². The number of carbonyl (C=O) groups is 2. The van der Waals surface area contributed by atoms with Gasteiger partial charge < -0.3 is 9.47 Å². The molecule has 0 aliphatic heterocycles. The maximum absolute atomic E-state index is 12.1. The Bertz CT molecular complexity index is 506. The van der Waals surface area contributed by atoms with E-state index in [1.807, 2.05) is 0 Å². The van der Waals surface area contributed by atoms with Crippen molar-refractivity contribution in [3.05, 3.63) is 0 Å². The number of rotatable bonds is 15. The van der Waals surface area contributed by atoms with Crippen LogP contribution in [-0.2, 0) is 19.1 Å². The van der Waals surface area contributed by atoms with Crippen molar-refractivity contribution >= 4 is 11.9 Å². The van der Waals surface area contributed by atoms with Crippen molar-refractivity contribution in [2.75, 3.05) is 13.2 Å². The van der Waals surface area contributed by atoms with Crippen molar-refractivity contribution in [2.45, 2.75) is 116 Å². The first kappa shape index (κ1) is 23.6. The quantitative estimate of drug-likeness (QED) is 0.221. The van der Waals surface area contributed by atoms with Gasteiger partial charge in [0.15, 0.2) is 0 Å². The molecule has 4 bridgehead atoms. The summed E-state index contributed by atoms with van der Waals surface area (Å²) in [5, 5.41) is 0. The third-order valence-electron chi connectivity index (χ3n) is 7.83. The summed E-state index contributed by atoms with van der Waals surface area (Å²) in [6, 6.07) is 0. The van der Waals surface area contributed by atoms with Crippen LogP contribution >= 0.6 is 0 Å². The van der Waals surface area contributed by atoms with Crippen molar-refractivity contribution in [3.8, 4) is 0 Å². The number of hydrogen-bond acceptors (Lipinski definition) is 4. The maximum atomic E-state index is 12.1.